The van der Waals surface area contributed by atoms with Crippen LogP contribution in [0.1, 0.15) is 23.6 Å². The third-order valence-electron chi connectivity index (χ3n) is 3.78. The van der Waals surface area contributed by atoms with Crippen LogP contribution in [0.4, 0.5) is 4.79 Å². The summed E-state index contributed by atoms with van der Waals surface area (Å²) in [6.45, 7) is 1.95. The number of nitrogens with one attached hydrogen (secondary N) is 1. The van der Waals surface area contributed by atoms with Crippen LogP contribution in [0, 0.1) is 0 Å². The van der Waals surface area contributed by atoms with E-state index in [1.807, 2.05) is 24.3 Å². The minimum Gasteiger partial charge on any atom is -0.449 e. The van der Waals surface area contributed by atoms with Crippen LogP contribution in [0.3, 0.4) is 0 Å². The number of nitrogens with zero attached hydrogens (tertiary/aromatic N) is 2. The van der Waals surface area contributed by atoms with Crippen LogP contribution in [0.25, 0.3) is 0 Å². The third kappa shape index (κ3) is 6.15. The summed E-state index contributed by atoms with van der Waals surface area (Å²) in [6.07, 6.45) is -0.647. The number of hydrogen-bond acceptors (Lipinski definition) is 5. The van der Waals surface area contributed by atoms with Crippen LogP contribution in [0.5, 0.6) is 0 Å². The molecule has 0 atom stereocenters. The second-order valence-corrected chi connectivity index (χ2v) is 9.13. The fraction of sp³-hybridized carbons (Fsp3) is 0.263. The molecule has 0 unspecified atom stereocenters. The first-order valence-corrected chi connectivity index (χ1v) is 10.9. The smallest absolute Gasteiger partial charge is 0.427 e. The molecule has 2 rings (SSSR count). The molecule has 0 radical (unpaired) electrons. The number of benzene rings is 2. The molecule has 0 bridgehead atoms. The lowest BCUT2D eigenvalue weighted by atomic mass is 10.0. The first-order valence-electron chi connectivity index (χ1n) is 8.49. The van der Waals surface area contributed by atoms with E-state index >= 15 is 0 Å². The number of halogens is 1. The molecule has 0 heterocycles. The molecule has 7 nitrogen and oxygen atoms in total. The second kappa shape index (κ2) is 9.81. The number of ether oxygens (including phenoxy) is 1. The fourth-order valence-electron chi connectivity index (χ4n) is 2.27. The van der Waals surface area contributed by atoms with Crippen molar-refractivity contribution in [3.8, 4) is 0 Å². The lowest BCUT2D eigenvalue weighted by Crippen LogP contribution is -2.23. The average Bonchev–Trinajstić information content (AvgIpc) is 2.64. The van der Waals surface area contributed by atoms with E-state index in [2.05, 4.69) is 26.5 Å². The summed E-state index contributed by atoms with van der Waals surface area (Å²) in [5, 5.41) is 4.20. The summed E-state index contributed by atoms with van der Waals surface area (Å²) in [6, 6.07) is 14.5. The zero-order valence-electron chi connectivity index (χ0n) is 15.8. The van der Waals surface area contributed by atoms with E-state index in [1.165, 1.54) is 18.4 Å². The number of amides is 1. The average molecular weight is 468 g/mol. The Morgan fingerprint density at radius 3 is 2.11 bits per heavy atom. The fourth-order valence-corrected chi connectivity index (χ4v) is 3.40. The zero-order valence-corrected chi connectivity index (χ0v) is 18.2. The zero-order chi connectivity index (χ0) is 20.7. The Hall–Kier alpha value is -2.23. The summed E-state index contributed by atoms with van der Waals surface area (Å²) in [5.74, 6) is -0.0912. The van der Waals surface area contributed by atoms with Gasteiger partial charge in [0.05, 0.1) is 18.1 Å². The maximum absolute atomic E-state index is 12.0. The van der Waals surface area contributed by atoms with E-state index in [0.29, 0.717) is 11.3 Å². The predicted octanol–water partition coefficient (Wildman–Crippen LogP) is 3.34. The van der Waals surface area contributed by atoms with Gasteiger partial charge in [-0.05, 0) is 24.6 Å². The standard InChI is InChI=1S/C19H22BrN3O4S/c1-4-27-19(24)22-21-18(16-9-11-17(20)12-10-16)15-7-5-14(6-8-15)13-28(25,26)23(2)3/h5-12H,4,13H2,1-3H3,(H,22,24). The van der Waals surface area contributed by atoms with Crippen LogP contribution < -0.4 is 5.43 Å². The van der Waals surface area contributed by atoms with Gasteiger partial charge in [-0.3, -0.25) is 0 Å². The Morgan fingerprint density at radius 2 is 1.61 bits per heavy atom. The number of hydrazone groups is 1. The molecule has 0 aliphatic carbocycles. The van der Waals surface area contributed by atoms with Gasteiger partial charge in [0.15, 0.2) is 0 Å². The van der Waals surface area contributed by atoms with Gasteiger partial charge in [0.1, 0.15) is 0 Å². The lowest BCUT2D eigenvalue weighted by molar-refractivity contribution is 0.152. The third-order valence-corrected chi connectivity index (χ3v) is 6.12. The summed E-state index contributed by atoms with van der Waals surface area (Å²) in [5.41, 5.74) is 5.08. The van der Waals surface area contributed by atoms with Crippen molar-refractivity contribution in [1.82, 2.24) is 9.73 Å². The van der Waals surface area contributed by atoms with E-state index in [9.17, 15) is 13.2 Å². The van der Waals surface area contributed by atoms with Gasteiger partial charge in [0.2, 0.25) is 10.0 Å². The van der Waals surface area contributed by atoms with E-state index in [-0.39, 0.29) is 12.4 Å². The maximum atomic E-state index is 12.0. The van der Waals surface area contributed by atoms with Crippen LogP contribution in [-0.2, 0) is 20.5 Å². The predicted molar refractivity (Wildman–Crippen MR) is 113 cm³/mol. The van der Waals surface area contributed by atoms with Crippen LogP contribution in [-0.4, -0.2) is 45.2 Å². The highest BCUT2D eigenvalue weighted by Gasteiger charge is 2.15. The van der Waals surface area contributed by atoms with Crippen molar-refractivity contribution < 1.29 is 17.9 Å². The largest absolute Gasteiger partial charge is 0.449 e. The first-order chi connectivity index (χ1) is 13.2. The van der Waals surface area contributed by atoms with Gasteiger partial charge in [-0.2, -0.15) is 5.10 Å². The molecule has 0 saturated heterocycles. The highest BCUT2D eigenvalue weighted by molar-refractivity contribution is 9.10. The quantitative estimate of drug-likeness (QED) is 0.499. The first kappa shape index (κ1) is 22.1. The van der Waals surface area contributed by atoms with Crippen molar-refractivity contribution in [3.05, 3.63) is 69.7 Å². The second-order valence-electron chi connectivity index (χ2n) is 6.04. The molecular formula is C19H22BrN3O4S. The van der Waals surface area contributed by atoms with Crippen molar-refractivity contribution in [2.24, 2.45) is 5.10 Å². The van der Waals surface area contributed by atoms with Gasteiger partial charge < -0.3 is 4.74 Å². The molecule has 2 aromatic carbocycles. The summed E-state index contributed by atoms with van der Waals surface area (Å²) >= 11 is 3.39. The highest BCUT2D eigenvalue weighted by Crippen LogP contribution is 2.17. The molecule has 150 valence electrons. The molecule has 1 N–H and O–H groups in total. The van der Waals surface area contributed by atoms with Crippen molar-refractivity contribution in [2.45, 2.75) is 12.7 Å². The summed E-state index contributed by atoms with van der Waals surface area (Å²) in [7, 11) is -0.339. The molecule has 0 aliphatic rings. The monoisotopic (exact) mass is 467 g/mol. The minimum atomic E-state index is -3.34. The molecule has 0 aliphatic heterocycles. The topological polar surface area (TPSA) is 88.1 Å². The number of hydrogen-bond donors (Lipinski definition) is 1. The van der Waals surface area contributed by atoms with Gasteiger partial charge in [-0.15, -0.1) is 0 Å². The van der Waals surface area contributed by atoms with Gasteiger partial charge in [0.25, 0.3) is 0 Å². The Labute approximate surface area is 173 Å². The number of carbonyl (C=O) groups is 1. The van der Waals surface area contributed by atoms with Gasteiger partial charge in [-0.25, -0.2) is 22.9 Å². The number of sulfonamides is 1. The number of rotatable bonds is 7. The van der Waals surface area contributed by atoms with Crippen LogP contribution in [0.2, 0.25) is 0 Å². The van der Waals surface area contributed by atoms with E-state index in [1.54, 1.807) is 31.2 Å². The van der Waals surface area contributed by atoms with Crippen LogP contribution in [0.15, 0.2) is 58.1 Å². The molecule has 28 heavy (non-hydrogen) atoms. The highest BCUT2D eigenvalue weighted by atomic mass is 79.9. The minimum absolute atomic E-state index is 0.0912. The molecular weight excluding hydrogens is 446 g/mol. The van der Waals surface area contributed by atoms with Crippen molar-refractivity contribution in [2.75, 3.05) is 20.7 Å². The molecule has 0 saturated carbocycles. The van der Waals surface area contributed by atoms with Crippen molar-refractivity contribution >= 4 is 37.8 Å². The van der Waals surface area contributed by atoms with Crippen molar-refractivity contribution in [1.29, 1.82) is 0 Å². The van der Waals surface area contributed by atoms with Gasteiger partial charge in [-0.1, -0.05) is 52.3 Å². The Morgan fingerprint density at radius 1 is 1.07 bits per heavy atom. The molecule has 1 amide bonds. The SMILES string of the molecule is CCOC(=O)NN=C(c1ccc(Br)cc1)c1ccc(CS(=O)(=O)N(C)C)cc1. The molecule has 2 aromatic rings. The molecule has 9 heteroatoms. The Kier molecular flexibility index (Phi) is 7.73. The normalized spacial score (nSPS) is 12.1. The Balaban J connectivity index is 2.33. The van der Waals surface area contributed by atoms with Crippen molar-refractivity contribution in [3.63, 3.8) is 0 Å². The molecule has 0 fully saturated rings. The van der Waals surface area contributed by atoms with Gasteiger partial charge in [0, 0.05) is 29.7 Å². The lowest BCUT2D eigenvalue weighted by Gasteiger charge is -2.12. The molecule has 0 spiro atoms. The summed E-state index contributed by atoms with van der Waals surface area (Å²) in [4.78, 5) is 11.6. The Bertz CT molecular complexity index is 940. The van der Waals surface area contributed by atoms with Crippen LogP contribution >= 0.6 is 15.9 Å². The number of carbonyl (C=O) groups excluding carboxylic acids is 1. The van der Waals surface area contributed by atoms with Gasteiger partial charge >= 0.3 is 6.09 Å². The van der Waals surface area contributed by atoms with E-state index < -0.39 is 16.1 Å². The maximum Gasteiger partial charge on any atom is 0.427 e. The summed E-state index contributed by atoms with van der Waals surface area (Å²) < 4.78 is 31.0. The molecule has 0 aromatic heterocycles. The van der Waals surface area contributed by atoms with E-state index in [4.69, 9.17) is 4.74 Å². The van der Waals surface area contributed by atoms with E-state index in [0.717, 1.165) is 15.6 Å².